The Morgan fingerprint density at radius 1 is 1.50 bits per heavy atom. The normalized spacial score (nSPS) is 21.0. The smallest absolute Gasteiger partial charge is 0.169 e. The van der Waals surface area contributed by atoms with Crippen molar-refractivity contribution in [2.45, 2.75) is 13.3 Å². The van der Waals surface area contributed by atoms with Crippen LogP contribution in [-0.4, -0.2) is 12.4 Å². The molecule has 0 aromatic heterocycles. The van der Waals surface area contributed by atoms with Gasteiger partial charge in [0.05, 0.1) is 12.2 Å². The number of hydrogen-bond acceptors (Lipinski definition) is 2. The molecule has 0 spiro atoms. The topological polar surface area (TPSA) is 26.3 Å². The Kier molecular flexibility index (Phi) is 2.46. The van der Waals surface area contributed by atoms with Crippen molar-refractivity contribution in [3.05, 3.63) is 28.8 Å². The number of hydrogen-bond donors (Lipinski definition) is 0. The van der Waals surface area contributed by atoms with E-state index in [1.165, 1.54) is 0 Å². The van der Waals surface area contributed by atoms with Gasteiger partial charge in [-0.25, -0.2) is 0 Å². The fourth-order valence-electron chi connectivity index (χ4n) is 1.56. The largest absolute Gasteiger partial charge is 0.493 e. The van der Waals surface area contributed by atoms with Gasteiger partial charge >= 0.3 is 0 Å². The van der Waals surface area contributed by atoms with Gasteiger partial charge in [-0.2, -0.15) is 0 Å². The van der Waals surface area contributed by atoms with Gasteiger partial charge in [-0.15, -0.1) is 0 Å². The lowest BCUT2D eigenvalue weighted by Crippen LogP contribution is -2.09. The Hall–Kier alpha value is -1.02. The van der Waals surface area contributed by atoms with Crippen LogP contribution in [0.25, 0.3) is 0 Å². The molecular formula is C11H11ClO2. The van der Waals surface area contributed by atoms with Crippen molar-refractivity contribution in [3.8, 4) is 5.75 Å². The molecule has 1 unspecified atom stereocenters. The first-order valence-electron chi connectivity index (χ1n) is 4.65. The second-order valence-electron chi connectivity index (χ2n) is 3.54. The van der Waals surface area contributed by atoms with Crippen LogP contribution < -0.4 is 4.74 Å². The molecule has 0 N–H and O–H groups in total. The average molecular weight is 211 g/mol. The zero-order chi connectivity index (χ0) is 10.1. The lowest BCUT2D eigenvalue weighted by molar-refractivity contribution is 0.0927. The fraction of sp³-hybridized carbons (Fsp3) is 0.364. The van der Waals surface area contributed by atoms with Crippen LogP contribution in [0.3, 0.4) is 0 Å². The van der Waals surface area contributed by atoms with Gasteiger partial charge in [0.25, 0.3) is 0 Å². The number of benzene rings is 1. The Balaban J connectivity index is 2.48. The zero-order valence-electron chi connectivity index (χ0n) is 7.92. The van der Waals surface area contributed by atoms with Crippen LogP contribution in [0.2, 0.25) is 5.02 Å². The van der Waals surface area contributed by atoms with E-state index in [0.29, 0.717) is 22.9 Å². The van der Waals surface area contributed by atoms with E-state index in [1.54, 1.807) is 18.2 Å². The number of carbonyl (C=O) groups is 1. The maximum atomic E-state index is 11.8. The van der Waals surface area contributed by atoms with Gasteiger partial charge in [0.1, 0.15) is 5.75 Å². The van der Waals surface area contributed by atoms with E-state index < -0.39 is 0 Å². The summed E-state index contributed by atoms with van der Waals surface area (Å²) in [6.45, 7) is 2.51. The summed E-state index contributed by atoms with van der Waals surface area (Å²) in [7, 11) is 0. The van der Waals surface area contributed by atoms with Crippen LogP contribution in [0.1, 0.15) is 23.7 Å². The van der Waals surface area contributed by atoms with Gasteiger partial charge in [-0.1, -0.05) is 18.5 Å². The molecule has 2 nitrogen and oxygen atoms in total. The van der Waals surface area contributed by atoms with Crippen LogP contribution in [0.15, 0.2) is 18.2 Å². The van der Waals surface area contributed by atoms with Crippen LogP contribution in [-0.2, 0) is 0 Å². The highest BCUT2D eigenvalue weighted by atomic mass is 35.5. The van der Waals surface area contributed by atoms with Crippen molar-refractivity contribution >= 4 is 17.4 Å². The van der Waals surface area contributed by atoms with E-state index in [2.05, 4.69) is 0 Å². The third kappa shape index (κ3) is 1.62. The highest BCUT2D eigenvalue weighted by Crippen LogP contribution is 2.29. The molecule has 0 saturated carbocycles. The number of Topliss-reactive ketones (excluding diaryl/α,β-unsaturated/α-hetero) is 1. The van der Waals surface area contributed by atoms with E-state index in [1.807, 2.05) is 6.92 Å². The molecule has 2 rings (SSSR count). The predicted octanol–water partition coefficient (Wildman–Crippen LogP) is 2.94. The SMILES string of the molecule is CC1CCOc2cc(Cl)ccc2C1=O. The summed E-state index contributed by atoms with van der Waals surface area (Å²) in [6, 6.07) is 5.16. The van der Waals surface area contributed by atoms with Crippen LogP contribution in [0.5, 0.6) is 5.75 Å². The molecule has 14 heavy (non-hydrogen) atoms. The minimum Gasteiger partial charge on any atom is -0.493 e. The van der Waals surface area contributed by atoms with Crippen molar-refractivity contribution in [1.29, 1.82) is 0 Å². The first-order valence-corrected chi connectivity index (χ1v) is 5.03. The van der Waals surface area contributed by atoms with Crippen LogP contribution in [0, 0.1) is 5.92 Å². The molecule has 0 radical (unpaired) electrons. The number of ketones is 1. The van der Waals surface area contributed by atoms with Gasteiger partial charge < -0.3 is 4.74 Å². The molecule has 0 fully saturated rings. The molecule has 0 bridgehead atoms. The second kappa shape index (κ2) is 3.62. The molecule has 0 aliphatic carbocycles. The van der Waals surface area contributed by atoms with E-state index in [4.69, 9.17) is 16.3 Å². The van der Waals surface area contributed by atoms with E-state index in [0.717, 1.165) is 6.42 Å². The molecule has 1 aliphatic heterocycles. The summed E-state index contributed by atoms with van der Waals surface area (Å²) < 4.78 is 5.46. The van der Waals surface area contributed by atoms with Gasteiger partial charge in [-0.05, 0) is 24.6 Å². The second-order valence-corrected chi connectivity index (χ2v) is 3.98. The van der Waals surface area contributed by atoms with Crippen molar-refractivity contribution in [1.82, 2.24) is 0 Å². The average Bonchev–Trinajstić information content (AvgIpc) is 2.28. The number of ether oxygens (including phenoxy) is 1. The van der Waals surface area contributed by atoms with Crippen molar-refractivity contribution in [3.63, 3.8) is 0 Å². The Labute approximate surface area is 87.8 Å². The minimum atomic E-state index is 0.0393. The summed E-state index contributed by atoms with van der Waals surface area (Å²) in [5.74, 6) is 0.804. The van der Waals surface area contributed by atoms with E-state index in [-0.39, 0.29) is 11.7 Å². The maximum Gasteiger partial charge on any atom is 0.169 e. The summed E-state index contributed by atoms with van der Waals surface area (Å²) in [6.07, 6.45) is 0.769. The first kappa shape index (κ1) is 9.53. The molecule has 0 amide bonds. The number of rotatable bonds is 0. The van der Waals surface area contributed by atoms with Crippen LogP contribution >= 0.6 is 11.6 Å². The molecule has 1 heterocycles. The fourth-order valence-corrected chi connectivity index (χ4v) is 1.72. The molecular weight excluding hydrogens is 200 g/mol. The van der Waals surface area contributed by atoms with Crippen molar-refractivity contribution in [2.24, 2.45) is 5.92 Å². The number of halogens is 1. The Morgan fingerprint density at radius 2 is 2.29 bits per heavy atom. The van der Waals surface area contributed by atoms with Gasteiger partial charge in [0.2, 0.25) is 0 Å². The number of carbonyl (C=O) groups excluding carboxylic acids is 1. The summed E-state index contributed by atoms with van der Waals surface area (Å²) in [5, 5.41) is 0.603. The summed E-state index contributed by atoms with van der Waals surface area (Å²) in [4.78, 5) is 11.8. The summed E-state index contributed by atoms with van der Waals surface area (Å²) in [5.41, 5.74) is 0.652. The highest BCUT2D eigenvalue weighted by molar-refractivity contribution is 6.30. The highest BCUT2D eigenvalue weighted by Gasteiger charge is 2.22. The van der Waals surface area contributed by atoms with E-state index in [9.17, 15) is 4.79 Å². The quantitative estimate of drug-likeness (QED) is 0.658. The molecule has 3 heteroatoms. The van der Waals surface area contributed by atoms with Crippen molar-refractivity contribution in [2.75, 3.05) is 6.61 Å². The molecule has 0 saturated heterocycles. The minimum absolute atomic E-state index is 0.0393. The monoisotopic (exact) mass is 210 g/mol. The maximum absolute atomic E-state index is 11.8. The van der Waals surface area contributed by atoms with Gasteiger partial charge in [-0.3, -0.25) is 4.79 Å². The molecule has 1 aromatic rings. The molecule has 1 aromatic carbocycles. The van der Waals surface area contributed by atoms with Crippen LogP contribution in [0.4, 0.5) is 0 Å². The zero-order valence-corrected chi connectivity index (χ0v) is 8.67. The predicted molar refractivity (Wildman–Crippen MR) is 55.1 cm³/mol. The number of fused-ring (bicyclic) bond motifs is 1. The molecule has 1 atom stereocenters. The lowest BCUT2D eigenvalue weighted by atomic mass is 9.97. The molecule has 74 valence electrons. The first-order chi connectivity index (χ1) is 6.68. The molecule has 1 aliphatic rings. The lowest BCUT2D eigenvalue weighted by Gasteiger charge is -2.06. The van der Waals surface area contributed by atoms with Gasteiger partial charge in [0.15, 0.2) is 5.78 Å². The Morgan fingerprint density at radius 3 is 3.07 bits per heavy atom. The Bertz CT molecular complexity index is 374. The summed E-state index contributed by atoms with van der Waals surface area (Å²) >= 11 is 5.82. The van der Waals surface area contributed by atoms with E-state index >= 15 is 0 Å². The van der Waals surface area contributed by atoms with Gasteiger partial charge in [0, 0.05) is 10.9 Å². The standard InChI is InChI=1S/C11H11ClO2/c1-7-4-5-14-10-6-8(12)2-3-9(10)11(7)13/h2-3,6-7H,4-5H2,1H3. The van der Waals surface area contributed by atoms with Crippen molar-refractivity contribution < 1.29 is 9.53 Å². The third-order valence-corrected chi connectivity index (χ3v) is 2.70. The third-order valence-electron chi connectivity index (χ3n) is 2.47.